The highest BCUT2D eigenvalue weighted by Crippen LogP contribution is 2.13. The van der Waals surface area contributed by atoms with Crippen LogP contribution in [-0.4, -0.2) is 49.7 Å². The van der Waals surface area contributed by atoms with Crippen LogP contribution in [0.1, 0.15) is 41.5 Å². The van der Waals surface area contributed by atoms with Crippen molar-refractivity contribution in [2.24, 2.45) is 11.8 Å². The van der Waals surface area contributed by atoms with Crippen molar-refractivity contribution in [3.63, 3.8) is 0 Å². The van der Waals surface area contributed by atoms with Crippen molar-refractivity contribution >= 4 is 5.97 Å². The fourth-order valence-corrected chi connectivity index (χ4v) is 2.49. The van der Waals surface area contributed by atoms with Gasteiger partial charge >= 0.3 is 5.97 Å². The van der Waals surface area contributed by atoms with E-state index in [1.165, 1.54) is 7.11 Å². The van der Waals surface area contributed by atoms with Crippen LogP contribution < -0.4 is 5.32 Å². The minimum Gasteiger partial charge on any atom is -0.468 e. The average Bonchev–Trinajstić information content (AvgIpc) is 2.26. The van der Waals surface area contributed by atoms with Crippen LogP contribution >= 0.6 is 0 Å². The molecule has 1 N–H and O–H groups in total. The molecule has 0 spiro atoms. The molecule has 4 heteroatoms. The number of ether oxygens (including phenoxy) is 1. The van der Waals surface area contributed by atoms with Crippen LogP contribution in [0, 0.1) is 11.8 Å². The number of carbonyl (C=O) groups is 1. The third-order valence-corrected chi connectivity index (χ3v) is 2.99. The lowest BCUT2D eigenvalue weighted by atomic mass is 10.00. The zero-order chi connectivity index (χ0) is 15.1. The molecule has 0 aliphatic rings. The molecular formula is C15H32N2O2. The van der Waals surface area contributed by atoms with E-state index in [-0.39, 0.29) is 5.97 Å². The summed E-state index contributed by atoms with van der Waals surface area (Å²) in [6, 6.07) is 0. The number of likely N-dealkylation sites (N-methyl/N-ethyl adjacent to an activating group) is 1. The van der Waals surface area contributed by atoms with Gasteiger partial charge in [0.1, 0.15) is 5.54 Å². The van der Waals surface area contributed by atoms with Gasteiger partial charge in [-0.15, -0.1) is 0 Å². The number of hydrogen-bond acceptors (Lipinski definition) is 4. The second-order valence-electron chi connectivity index (χ2n) is 6.34. The molecule has 0 heterocycles. The Hall–Kier alpha value is -0.610. The van der Waals surface area contributed by atoms with E-state index < -0.39 is 5.54 Å². The molecule has 0 bridgehead atoms. The first-order chi connectivity index (χ1) is 8.75. The summed E-state index contributed by atoms with van der Waals surface area (Å²) in [7, 11) is 1.45. The van der Waals surface area contributed by atoms with Crippen LogP contribution in [0.15, 0.2) is 0 Å². The van der Waals surface area contributed by atoms with Gasteiger partial charge < -0.3 is 15.0 Å². The van der Waals surface area contributed by atoms with E-state index in [0.717, 1.165) is 19.6 Å². The molecule has 1 atom stereocenters. The molecule has 0 saturated heterocycles. The normalized spacial score (nSPS) is 15.1. The van der Waals surface area contributed by atoms with E-state index >= 15 is 0 Å². The zero-order valence-electron chi connectivity index (χ0n) is 13.7. The Morgan fingerprint density at radius 1 is 1.21 bits per heavy atom. The van der Waals surface area contributed by atoms with Crippen LogP contribution in [0.3, 0.4) is 0 Å². The summed E-state index contributed by atoms with van der Waals surface area (Å²) < 4.78 is 4.95. The van der Waals surface area contributed by atoms with E-state index in [2.05, 4.69) is 37.9 Å². The summed E-state index contributed by atoms with van der Waals surface area (Å²) in [5.41, 5.74) is -0.632. The second-order valence-corrected chi connectivity index (χ2v) is 6.34. The Morgan fingerprint density at radius 2 is 1.68 bits per heavy atom. The maximum Gasteiger partial charge on any atom is 0.327 e. The predicted octanol–water partition coefficient (Wildman–Crippen LogP) is 2.14. The number of carbonyl (C=O) groups excluding carboxylic acids is 1. The van der Waals surface area contributed by atoms with Gasteiger partial charge in [-0.25, -0.2) is 0 Å². The average molecular weight is 272 g/mol. The largest absolute Gasteiger partial charge is 0.468 e. The van der Waals surface area contributed by atoms with Crippen molar-refractivity contribution in [1.29, 1.82) is 0 Å². The van der Waals surface area contributed by atoms with Gasteiger partial charge in [-0.1, -0.05) is 34.6 Å². The van der Waals surface area contributed by atoms with E-state index in [9.17, 15) is 4.79 Å². The van der Waals surface area contributed by atoms with Crippen molar-refractivity contribution in [3.8, 4) is 0 Å². The highest BCUT2D eigenvalue weighted by Gasteiger charge is 2.35. The van der Waals surface area contributed by atoms with Crippen LogP contribution in [0.5, 0.6) is 0 Å². The predicted molar refractivity (Wildman–Crippen MR) is 80.2 cm³/mol. The molecule has 0 aromatic rings. The summed E-state index contributed by atoms with van der Waals surface area (Å²) in [4.78, 5) is 14.4. The fraction of sp³-hybridized carbons (Fsp3) is 0.933. The fourth-order valence-electron chi connectivity index (χ4n) is 2.49. The summed E-state index contributed by atoms with van der Waals surface area (Å²) in [6.45, 7) is 16.2. The third kappa shape index (κ3) is 6.92. The molecule has 0 aliphatic heterocycles. The highest BCUT2D eigenvalue weighted by atomic mass is 16.5. The van der Waals surface area contributed by atoms with Crippen LogP contribution in [-0.2, 0) is 9.53 Å². The molecule has 0 aromatic heterocycles. The van der Waals surface area contributed by atoms with Gasteiger partial charge in [-0.05, 0) is 25.3 Å². The topological polar surface area (TPSA) is 41.6 Å². The number of methoxy groups -OCH3 is 1. The van der Waals surface area contributed by atoms with Crippen molar-refractivity contribution in [1.82, 2.24) is 10.2 Å². The van der Waals surface area contributed by atoms with Crippen molar-refractivity contribution in [2.45, 2.75) is 47.1 Å². The summed E-state index contributed by atoms with van der Waals surface area (Å²) in [5.74, 6) is 0.983. The van der Waals surface area contributed by atoms with Gasteiger partial charge in [-0.2, -0.15) is 0 Å². The molecule has 0 rings (SSSR count). The number of rotatable bonds is 9. The smallest absolute Gasteiger partial charge is 0.327 e. The van der Waals surface area contributed by atoms with E-state index in [1.54, 1.807) is 0 Å². The maximum atomic E-state index is 12.0. The molecule has 4 nitrogen and oxygen atoms in total. The number of esters is 1. The molecule has 0 aromatic carbocycles. The van der Waals surface area contributed by atoms with E-state index in [0.29, 0.717) is 18.4 Å². The molecule has 0 radical (unpaired) electrons. The molecule has 0 amide bonds. The minimum absolute atomic E-state index is 0.188. The maximum absolute atomic E-state index is 12.0. The first kappa shape index (κ1) is 18.4. The second kappa shape index (κ2) is 8.54. The lowest BCUT2D eigenvalue weighted by Gasteiger charge is -2.35. The van der Waals surface area contributed by atoms with Gasteiger partial charge in [0.2, 0.25) is 0 Å². The minimum atomic E-state index is -0.632. The Labute approximate surface area is 118 Å². The first-order valence-corrected chi connectivity index (χ1v) is 7.31. The lowest BCUT2D eigenvalue weighted by Crippen LogP contribution is -2.58. The highest BCUT2D eigenvalue weighted by molar-refractivity contribution is 5.80. The molecule has 19 heavy (non-hydrogen) atoms. The van der Waals surface area contributed by atoms with Gasteiger partial charge in [-0.3, -0.25) is 4.79 Å². The monoisotopic (exact) mass is 272 g/mol. The SMILES string of the molecule is CCNC(C)(CN(CC(C)C)CC(C)C)C(=O)OC. The van der Waals surface area contributed by atoms with Gasteiger partial charge in [0.25, 0.3) is 0 Å². The lowest BCUT2D eigenvalue weighted by molar-refractivity contribution is -0.148. The number of hydrogen-bond donors (Lipinski definition) is 1. The summed E-state index contributed by atoms with van der Waals surface area (Å²) in [5, 5.41) is 3.27. The Morgan fingerprint density at radius 3 is 2.00 bits per heavy atom. The molecular weight excluding hydrogens is 240 g/mol. The molecule has 0 saturated carbocycles. The Bertz CT molecular complexity index is 257. The molecule has 114 valence electrons. The number of nitrogens with zero attached hydrogens (tertiary/aromatic N) is 1. The van der Waals surface area contributed by atoms with Crippen LogP contribution in [0.25, 0.3) is 0 Å². The van der Waals surface area contributed by atoms with Crippen molar-refractivity contribution < 1.29 is 9.53 Å². The van der Waals surface area contributed by atoms with Crippen molar-refractivity contribution in [3.05, 3.63) is 0 Å². The van der Waals surface area contributed by atoms with Gasteiger partial charge in [0.15, 0.2) is 0 Å². The third-order valence-electron chi connectivity index (χ3n) is 2.99. The van der Waals surface area contributed by atoms with Gasteiger partial charge in [0.05, 0.1) is 7.11 Å². The number of nitrogens with one attached hydrogen (secondary N) is 1. The summed E-state index contributed by atoms with van der Waals surface area (Å²) >= 11 is 0. The van der Waals surface area contributed by atoms with Crippen molar-refractivity contribution in [2.75, 3.05) is 33.3 Å². The van der Waals surface area contributed by atoms with Gasteiger partial charge in [0, 0.05) is 19.6 Å². The molecule has 0 fully saturated rings. The quantitative estimate of drug-likeness (QED) is 0.653. The van der Waals surface area contributed by atoms with Crippen LogP contribution in [0.2, 0.25) is 0 Å². The zero-order valence-corrected chi connectivity index (χ0v) is 13.7. The Balaban J connectivity index is 4.85. The van der Waals surface area contributed by atoms with E-state index in [1.807, 2.05) is 13.8 Å². The first-order valence-electron chi connectivity index (χ1n) is 7.31. The Kier molecular flexibility index (Phi) is 8.26. The van der Waals surface area contributed by atoms with E-state index in [4.69, 9.17) is 4.74 Å². The molecule has 1 unspecified atom stereocenters. The van der Waals surface area contributed by atoms with Crippen LogP contribution in [0.4, 0.5) is 0 Å². The summed E-state index contributed by atoms with van der Waals surface area (Å²) in [6.07, 6.45) is 0. The standard InChI is InChI=1S/C15H32N2O2/c1-8-16-15(6,14(18)19-7)11-17(9-12(2)3)10-13(4)5/h12-13,16H,8-11H2,1-7H3. The molecule has 0 aliphatic carbocycles.